The van der Waals surface area contributed by atoms with Crippen molar-refractivity contribution in [3.8, 4) is 0 Å². The van der Waals surface area contributed by atoms with Gasteiger partial charge in [-0.15, -0.1) is 0 Å². The van der Waals surface area contributed by atoms with Crippen LogP contribution < -0.4 is 0 Å². The highest BCUT2D eigenvalue weighted by Crippen LogP contribution is 2.34. The summed E-state index contributed by atoms with van der Waals surface area (Å²) in [6.07, 6.45) is 0. The van der Waals surface area contributed by atoms with Crippen LogP contribution in [0.4, 0.5) is 0 Å². The normalized spacial score (nSPS) is 20.2. The Morgan fingerprint density at radius 3 is 2.25 bits per heavy atom. The van der Waals surface area contributed by atoms with Crippen molar-refractivity contribution in [2.75, 3.05) is 6.79 Å². The molecule has 3 heteroatoms. The van der Waals surface area contributed by atoms with Crippen LogP contribution in [-0.2, 0) is 15.3 Å². The second-order valence-corrected chi connectivity index (χ2v) is 3.77. The highest BCUT2D eigenvalue weighted by Gasteiger charge is 2.36. The Balaban J connectivity index is 2.28. The van der Waals surface area contributed by atoms with Gasteiger partial charge in [0, 0.05) is 10.0 Å². The molecule has 1 aromatic rings. The monoisotopic (exact) mass is 228 g/mol. The first kappa shape index (κ1) is 8.23. The Bertz CT molecular complexity index is 277. The summed E-state index contributed by atoms with van der Waals surface area (Å²) in [6, 6.07) is 7.93. The lowest BCUT2D eigenvalue weighted by atomic mass is 10.1. The number of halogens is 1. The number of benzene rings is 1. The summed E-state index contributed by atoms with van der Waals surface area (Å²) in [7, 11) is 0. The van der Waals surface area contributed by atoms with Crippen LogP contribution in [0.25, 0.3) is 0 Å². The van der Waals surface area contributed by atoms with Gasteiger partial charge in [0.25, 0.3) is 0 Å². The Morgan fingerprint density at radius 2 is 1.83 bits per heavy atom. The molecule has 0 atom stereocenters. The van der Waals surface area contributed by atoms with Crippen LogP contribution in [0, 0.1) is 0 Å². The molecule has 12 heavy (non-hydrogen) atoms. The number of rotatable bonds is 1. The van der Waals surface area contributed by atoms with Crippen LogP contribution >= 0.6 is 15.9 Å². The summed E-state index contributed by atoms with van der Waals surface area (Å²) in [5, 5.41) is 0. The first-order valence-corrected chi connectivity index (χ1v) is 4.54. The van der Waals surface area contributed by atoms with Gasteiger partial charge in [-0.05, 0) is 19.1 Å². The molecule has 0 aliphatic carbocycles. The third-order valence-corrected chi connectivity index (χ3v) is 2.57. The molecule has 0 radical (unpaired) electrons. The summed E-state index contributed by atoms with van der Waals surface area (Å²) in [6.45, 7) is 2.31. The average molecular weight is 229 g/mol. The molecule has 0 amide bonds. The highest BCUT2D eigenvalue weighted by atomic mass is 79.9. The molecular formula is C9H9BrO2. The average Bonchev–Trinajstić information content (AvgIpc) is 2.02. The number of ether oxygens (including phenoxy) is 2. The smallest absolute Gasteiger partial charge is 0.197 e. The second kappa shape index (κ2) is 2.83. The molecule has 2 rings (SSSR count). The van der Waals surface area contributed by atoms with E-state index in [1.807, 2.05) is 31.2 Å². The molecule has 1 heterocycles. The minimum atomic E-state index is -0.513. The quantitative estimate of drug-likeness (QED) is 0.736. The van der Waals surface area contributed by atoms with Gasteiger partial charge in [-0.1, -0.05) is 28.1 Å². The van der Waals surface area contributed by atoms with Crippen molar-refractivity contribution in [2.45, 2.75) is 12.7 Å². The van der Waals surface area contributed by atoms with Gasteiger partial charge in [-0.25, -0.2) is 0 Å². The summed E-state index contributed by atoms with van der Waals surface area (Å²) < 4.78 is 11.7. The van der Waals surface area contributed by atoms with Gasteiger partial charge in [0.15, 0.2) is 12.6 Å². The maximum Gasteiger partial charge on any atom is 0.197 e. The Kier molecular flexibility index (Phi) is 1.94. The van der Waals surface area contributed by atoms with E-state index in [-0.39, 0.29) is 0 Å². The Labute approximate surface area is 79.6 Å². The minimum absolute atomic E-state index is 0.395. The number of hydrogen-bond donors (Lipinski definition) is 0. The first-order chi connectivity index (χ1) is 5.71. The van der Waals surface area contributed by atoms with Crippen molar-refractivity contribution < 1.29 is 9.47 Å². The van der Waals surface area contributed by atoms with Gasteiger partial charge in [0.1, 0.15) is 0 Å². The zero-order valence-corrected chi connectivity index (χ0v) is 8.30. The van der Waals surface area contributed by atoms with Gasteiger partial charge < -0.3 is 9.47 Å². The SMILES string of the molecule is CC1(c2ccc(Br)cc2)OCO1. The predicted molar refractivity (Wildman–Crippen MR) is 48.5 cm³/mol. The van der Waals surface area contributed by atoms with E-state index < -0.39 is 5.79 Å². The van der Waals surface area contributed by atoms with Crippen LogP contribution in [0.15, 0.2) is 28.7 Å². The van der Waals surface area contributed by atoms with Gasteiger partial charge in [0.2, 0.25) is 0 Å². The maximum atomic E-state index is 5.31. The van der Waals surface area contributed by atoms with Gasteiger partial charge in [-0.3, -0.25) is 0 Å². The van der Waals surface area contributed by atoms with Crippen molar-refractivity contribution in [2.24, 2.45) is 0 Å². The topological polar surface area (TPSA) is 18.5 Å². The van der Waals surface area contributed by atoms with Gasteiger partial charge in [-0.2, -0.15) is 0 Å². The van der Waals surface area contributed by atoms with Crippen LogP contribution in [0.2, 0.25) is 0 Å². The minimum Gasteiger partial charge on any atom is -0.320 e. The van der Waals surface area contributed by atoms with Crippen molar-refractivity contribution in [3.05, 3.63) is 34.3 Å². The lowest BCUT2D eigenvalue weighted by Crippen LogP contribution is -2.40. The van der Waals surface area contributed by atoms with E-state index in [1.54, 1.807) is 0 Å². The Hall–Kier alpha value is -0.380. The third-order valence-electron chi connectivity index (χ3n) is 2.04. The van der Waals surface area contributed by atoms with E-state index in [0.29, 0.717) is 6.79 Å². The number of hydrogen-bond acceptors (Lipinski definition) is 2. The van der Waals surface area contributed by atoms with Crippen molar-refractivity contribution in [1.29, 1.82) is 0 Å². The largest absolute Gasteiger partial charge is 0.320 e. The van der Waals surface area contributed by atoms with Crippen LogP contribution in [-0.4, -0.2) is 6.79 Å². The molecule has 1 fully saturated rings. The van der Waals surface area contributed by atoms with Crippen LogP contribution in [0.1, 0.15) is 12.5 Å². The van der Waals surface area contributed by atoms with E-state index in [1.165, 1.54) is 0 Å². The molecule has 2 nitrogen and oxygen atoms in total. The Morgan fingerprint density at radius 1 is 1.25 bits per heavy atom. The molecule has 0 bridgehead atoms. The van der Waals surface area contributed by atoms with Gasteiger partial charge in [0.05, 0.1) is 0 Å². The lowest BCUT2D eigenvalue weighted by Gasteiger charge is -2.38. The molecular weight excluding hydrogens is 220 g/mol. The predicted octanol–water partition coefficient (Wildman–Crippen LogP) is 2.63. The molecule has 0 unspecified atom stereocenters. The van der Waals surface area contributed by atoms with Crippen LogP contribution in [0.5, 0.6) is 0 Å². The lowest BCUT2D eigenvalue weighted by molar-refractivity contribution is -0.399. The van der Waals surface area contributed by atoms with E-state index >= 15 is 0 Å². The fourth-order valence-electron chi connectivity index (χ4n) is 1.16. The molecule has 1 aliphatic heterocycles. The van der Waals surface area contributed by atoms with E-state index in [0.717, 1.165) is 10.0 Å². The van der Waals surface area contributed by atoms with Crippen LogP contribution in [0.3, 0.4) is 0 Å². The summed E-state index contributed by atoms with van der Waals surface area (Å²) in [5.41, 5.74) is 1.05. The molecule has 0 N–H and O–H groups in total. The van der Waals surface area contributed by atoms with E-state index in [4.69, 9.17) is 9.47 Å². The third kappa shape index (κ3) is 1.28. The van der Waals surface area contributed by atoms with Crippen molar-refractivity contribution in [3.63, 3.8) is 0 Å². The fraction of sp³-hybridized carbons (Fsp3) is 0.333. The first-order valence-electron chi connectivity index (χ1n) is 3.75. The molecule has 0 aromatic heterocycles. The van der Waals surface area contributed by atoms with E-state index in [2.05, 4.69) is 15.9 Å². The highest BCUT2D eigenvalue weighted by molar-refractivity contribution is 9.10. The molecule has 0 spiro atoms. The van der Waals surface area contributed by atoms with Gasteiger partial charge >= 0.3 is 0 Å². The standard InChI is InChI=1S/C9H9BrO2/c1-9(11-6-12-9)7-2-4-8(10)5-3-7/h2-5H,6H2,1H3. The zero-order chi connectivity index (χ0) is 8.60. The summed E-state index contributed by atoms with van der Waals surface area (Å²) in [5.74, 6) is -0.513. The maximum absolute atomic E-state index is 5.31. The van der Waals surface area contributed by atoms with E-state index in [9.17, 15) is 0 Å². The molecule has 64 valence electrons. The molecule has 1 aromatic carbocycles. The summed E-state index contributed by atoms with van der Waals surface area (Å²) >= 11 is 3.37. The molecule has 1 aliphatic rings. The molecule has 0 saturated carbocycles. The second-order valence-electron chi connectivity index (χ2n) is 2.86. The van der Waals surface area contributed by atoms with Crippen molar-refractivity contribution in [1.82, 2.24) is 0 Å². The fourth-order valence-corrected chi connectivity index (χ4v) is 1.42. The van der Waals surface area contributed by atoms with Crippen molar-refractivity contribution >= 4 is 15.9 Å². The summed E-state index contributed by atoms with van der Waals surface area (Å²) in [4.78, 5) is 0. The molecule has 1 saturated heterocycles. The zero-order valence-electron chi connectivity index (χ0n) is 6.71.